The Kier molecular flexibility index (Phi) is 6.79. The maximum atomic E-state index is 13.0. The van der Waals surface area contributed by atoms with Crippen LogP contribution in [0.25, 0.3) is 0 Å². The number of anilines is 3. The number of aromatic nitrogens is 3. The van der Waals surface area contributed by atoms with Gasteiger partial charge in [0, 0.05) is 12.2 Å². The maximum absolute atomic E-state index is 13.0. The van der Waals surface area contributed by atoms with Crippen LogP contribution >= 0.6 is 0 Å². The van der Waals surface area contributed by atoms with E-state index in [9.17, 15) is 9.18 Å². The molecule has 26 heavy (non-hydrogen) atoms. The van der Waals surface area contributed by atoms with Crippen LogP contribution in [0.3, 0.4) is 0 Å². The minimum absolute atomic E-state index is 0.0576. The summed E-state index contributed by atoms with van der Waals surface area (Å²) in [5.41, 5.74) is 6.39. The molecule has 3 N–H and O–H groups in total. The summed E-state index contributed by atoms with van der Waals surface area (Å²) in [6, 6.07) is 5.79. The van der Waals surface area contributed by atoms with Crippen LogP contribution in [0.5, 0.6) is 0 Å². The number of nitrogen functional groups attached to an aromatic ring is 1. The summed E-state index contributed by atoms with van der Waals surface area (Å²) in [7, 11) is 1.35. The van der Waals surface area contributed by atoms with Gasteiger partial charge in [-0.05, 0) is 30.2 Å². The van der Waals surface area contributed by atoms with Crippen LogP contribution in [0.2, 0.25) is 0 Å². The molecule has 0 aliphatic heterocycles. The molecule has 0 saturated heterocycles. The lowest BCUT2D eigenvalue weighted by molar-refractivity contribution is -0.142. The Morgan fingerprint density at radius 2 is 1.96 bits per heavy atom. The average Bonchev–Trinajstić information content (AvgIpc) is 2.55. The van der Waals surface area contributed by atoms with Crippen molar-refractivity contribution in [1.82, 2.24) is 19.9 Å². The van der Waals surface area contributed by atoms with E-state index >= 15 is 0 Å². The molecule has 8 nitrogen and oxygen atoms in total. The highest BCUT2D eigenvalue weighted by molar-refractivity contribution is 5.71. The van der Waals surface area contributed by atoms with Gasteiger partial charge in [0.15, 0.2) is 0 Å². The molecule has 0 bridgehead atoms. The van der Waals surface area contributed by atoms with Gasteiger partial charge in [0.2, 0.25) is 11.9 Å². The molecular formula is C17H23FN6O2. The van der Waals surface area contributed by atoms with Gasteiger partial charge in [-0.1, -0.05) is 13.8 Å². The lowest BCUT2D eigenvalue weighted by Gasteiger charge is -2.22. The first-order valence-electron chi connectivity index (χ1n) is 8.18. The monoisotopic (exact) mass is 362 g/mol. The SMILES string of the molecule is COC(=O)CN(Cc1nc(N)nc(Nc2ccc(F)cc2)n1)CC(C)C. The topological polar surface area (TPSA) is 106 Å². The smallest absolute Gasteiger partial charge is 0.319 e. The van der Waals surface area contributed by atoms with Gasteiger partial charge < -0.3 is 15.8 Å². The van der Waals surface area contributed by atoms with Crippen LogP contribution in [-0.4, -0.2) is 46.0 Å². The second kappa shape index (κ2) is 9.04. The number of hydrogen-bond acceptors (Lipinski definition) is 8. The summed E-state index contributed by atoms with van der Waals surface area (Å²) >= 11 is 0. The number of carbonyl (C=O) groups excluding carboxylic acids is 1. The van der Waals surface area contributed by atoms with E-state index in [0.29, 0.717) is 30.5 Å². The van der Waals surface area contributed by atoms with Crippen LogP contribution < -0.4 is 11.1 Å². The first-order valence-corrected chi connectivity index (χ1v) is 8.18. The van der Waals surface area contributed by atoms with E-state index < -0.39 is 0 Å². The number of esters is 1. The molecule has 0 spiro atoms. The van der Waals surface area contributed by atoms with Gasteiger partial charge in [0.1, 0.15) is 11.6 Å². The highest BCUT2D eigenvalue weighted by Gasteiger charge is 2.16. The van der Waals surface area contributed by atoms with Crippen LogP contribution in [0.1, 0.15) is 19.7 Å². The Balaban J connectivity index is 2.15. The van der Waals surface area contributed by atoms with Crippen LogP contribution in [0.15, 0.2) is 24.3 Å². The van der Waals surface area contributed by atoms with Gasteiger partial charge in [-0.3, -0.25) is 9.69 Å². The standard InChI is InChI=1S/C17H23FN6O2/c1-11(2)8-24(10-15(25)26-3)9-14-21-16(19)23-17(22-14)20-13-6-4-12(18)5-7-13/h4-7,11H,8-10H2,1-3H3,(H3,19,20,21,22,23). The summed E-state index contributed by atoms with van der Waals surface area (Å²) in [6.45, 7) is 5.21. The number of benzene rings is 1. The minimum atomic E-state index is -0.336. The zero-order valence-electron chi connectivity index (χ0n) is 15.1. The fraction of sp³-hybridized carbons (Fsp3) is 0.412. The summed E-state index contributed by atoms with van der Waals surface area (Å²) in [4.78, 5) is 26.0. The molecule has 2 aromatic rings. The number of hydrogen-bond donors (Lipinski definition) is 2. The third-order valence-corrected chi connectivity index (χ3v) is 3.37. The summed E-state index contributed by atoms with van der Waals surface area (Å²) in [5, 5.41) is 2.96. The van der Waals surface area contributed by atoms with Crippen molar-refractivity contribution in [2.24, 2.45) is 5.92 Å². The van der Waals surface area contributed by atoms with Crippen molar-refractivity contribution in [1.29, 1.82) is 0 Å². The fourth-order valence-corrected chi connectivity index (χ4v) is 2.38. The predicted octanol–water partition coefficient (Wildman–Crippen LogP) is 1.97. The van der Waals surface area contributed by atoms with E-state index in [4.69, 9.17) is 10.5 Å². The second-order valence-electron chi connectivity index (χ2n) is 6.20. The normalized spacial score (nSPS) is 11.0. The number of ether oxygens (including phenoxy) is 1. The molecule has 0 atom stereocenters. The molecule has 0 aliphatic carbocycles. The van der Waals surface area contributed by atoms with E-state index in [-0.39, 0.29) is 30.2 Å². The zero-order valence-corrected chi connectivity index (χ0v) is 15.1. The zero-order chi connectivity index (χ0) is 19.1. The van der Waals surface area contributed by atoms with E-state index in [0.717, 1.165) is 0 Å². The summed E-state index contributed by atoms with van der Waals surface area (Å²) < 4.78 is 17.7. The number of methoxy groups -OCH3 is 1. The van der Waals surface area contributed by atoms with Gasteiger partial charge >= 0.3 is 5.97 Å². The van der Waals surface area contributed by atoms with Crippen molar-refractivity contribution < 1.29 is 13.9 Å². The number of carbonyl (C=O) groups is 1. The molecule has 1 aromatic carbocycles. The van der Waals surface area contributed by atoms with Crippen LogP contribution in [0.4, 0.5) is 22.0 Å². The second-order valence-corrected chi connectivity index (χ2v) is 6.20. The third kappa shape index (κ3) is 6.25. The molecule has 0 saturated carbocycles. The summed E-state index contributed by atoms with van der Waals surface area (Å²) in [6.07, 6.45) is 0. The molecule has 140 valence electrons. The van der Waals surface area contributed by atoms with Crippen LogP contribution in [0, 0.1) is 11.7 Å². The number of halogens is 1. The van der Waals surface area contributed by atoms with Crippen LogP contribution in [-0.2, 0) is 16.1 Å². The Morgan fingerprint density at radius 1 is 1.27 bits per heavy atom. The van der Waals surface area contributed by atoms with Gasteiger partial charge in [0.05, 0.1) is 20.2 Å². The molecule has 0 radical (unpaired) electrons. The highest BCUT2D eigenvalue weighted by atomic mass is 19.1. The molecule has 9 heteroatoms. The number of nitrogens with two attached hydrogens (primary N) is 1. The molecule has 0 unspecified atom stereocenters. The van der Waals surface area contributed by atoms with Crippen molar-refractivity contribution in [2.75, 3.05) is 31.2 Å². The van der Waals surface area contributed by atoms with Crippen molar-refractivity contribution in [3.63, 3.8) is 0 Å². The van der Waals surface area contributed by atoms with Gasteiger partial charge in [-0.2, -0.15) is 15.0 Å². The van der Waals surface area contributed by atoms with E-state index in [1.54, 1.807) is 12.1 Å². The fourth-order valence-electron chi connectivity index (χ4n) is 2.38. The molecule has 0 aliphatic rings. The van der Waals surface area contributed by atoms with Gasteiger partial charge in [0.25, 0.3) is 0 Å². The molecule has 2 rings (SSSR count). The van der Waals surface area contributed by atoms with Gasteiger partial charge in [-0.25, -0.2) is 4.39 Å². The Labute approximate surface area is 151 Å². The Bertz CT molecular complexity index is 739. The Hall–Kier alpha value is -2.81. The molecular weight excluding hydrogens is 339 g/mol. The Morgan fingerprint density at radius 3 is 2.58 bits per heavy atom. The van der Waals surface area contributed by atoms with Gasteiger partial charge in [-0.15, -0.1) is 0 Å². The molecule has 0 fully saturated rings. The molecule has 1 aromatic heterocycles. The molecule has 0 amide bonds. The largest absolute Gasteiger partial charge is 0.468 e. The van der Waals surface area contributed by atoms with Crippen molar-refractivity contribution in [3.8, 4) is 0 Å². The van der Waals surface area contributed by atoms with E-state index in [1.807, 2.05) is 18.7 Å². The quantitative estimate of drug-likeness (QED) is 0.687. The number of rotatable bonds is 8. The maximum Gasteiger partial charge on any atom is 0.319 e. The van der Waals surface area contributed by atoms with Crippen molar-refractivity contribution in [2.45, 2.75) is 20.4 Å². The number of nitrogens with one attached hydrogen (secondary N) is 1. The lowest BCUT2D eigenvalue weighted by atomic mass is 10.2. The highest BCUT2D eigenvalue weighted by Crippen LogP contribution is 2.15. The number of nitrogens with zero attached hydrogens (tertiary/aromatic N) is 4. The van der Waals surface area contributed by atoms with Crippen molar-refractivity contribution >= 4 is 23.6 Å². The first kappa shape index (κ1) is 19.5. The van der Waals surface area contributed by atoms with Crippen molar-refractivity contribution in [3.05, 3.63) is 35.9 Å². The third-order valence-electron chi connectivity index (χ3n) is 3.37. The minimum Gasteiger partial charge on any atom is -0.468 e. The lowest BCUT2D eigenvalue weighted by Crippen LogP contribution is -2.34. The first-order chi connectivity index (χ1) is 12.4. The summed E-state index contributed by atoms with van der Waals surface area (Å²) in [5.74, 6) is 0.405. The van der Waals surface area contributed by atoms with E-state index in [1.165, 1.54) is 19.2 Å². The predicted molar refractivity (Wildman–Crippen MR) is 96.1 cm³/mol. The van der Waals surface area contributed by atoms with E-state index in [2.05, 4.69) is 20.3 Å². The molecule has 1 heterocycles. The average molecular weight is 362 g/mol.